The molecule has 0 spiro atoms. The number of nitrogens with zero attached hydrogens (tertiary/aromatic N) is 4. The highest BCUT2D eigenvalue weighted by Gasteiger charge is 2.31. The number of alkyl halides is 3. The van der Waals surface area contributed by atoms with Gasteiger partial charge in [-0.15, -0.1) is 10.2 Å². The molecule has 1 saturated heterocycles. The largest absolute Gasteiger partial charge is 0.417 e. The minimum Gasteiger partial charge on any atom is -0.306 e. The molecule has 0 saturated carbocycles. The number of aryl methyl sites for hydroxylation is 2. The van der Waals surface area contributed by atoms with Crippen molar-refractivity contribution >= 4 is 10.9 Å². The average molecular weight is 400 g/mol. The van der Waals surface area contributed by atoms with Crippen LogP contribution in [0.15, 0.2) is 30.5 Å². The third kappa shape index (κ3) is 3.71. The first-order chi connectivity index (χ1) is 13.8. The van der Waals surface area contributed by atoms with Gasteiger partial charge in [0.1, 0.15) is 5.69 Å². The van der Waals surface area contributed by atoms with Crippen LogP contribution >= 0.6 is 0 Å². The summed E-state index contributed by atoms with van der Waals surface area (Å²) in [6.07, 6.45) is -1.29. The Kier molecular flexibility index (Phi) is 5.02. The number of likely N-dealkylation sites (N-methyl/N-ethyl adjacent to an activating group) is 1. The first kappa shape index (κ1) is 19.8. The molecule has 0 aliphatic carbocycles. The summed E-state index contributed by atoms with van der Waals surface area (Å²) in [6.45, 7) is 5.65. The highest BCUT2D eigenvalue weighted by molar-refractivity contribution is 5.89. The SMILES string of the molecule is Cc1cc(C(F)(F)F)cnc1-c1nnc2c(C3CCCN(C)C3)cccc2c1C. The van der Waals surface area contributed by atoms with Gasteiger partial charge in [0.2, 0.25) is 0 Å². The lowest BCUT2D eigenvalue weighted by atomic mass is 9.88. The van der Waals surface area contributed by atoms with E-state index in [-0.39, 0.29) is 0 Å². The van der Waals surface area contributed by atoms with E-state index in [0.717, 1.165) is 54.7 Å². The third-order valence-electron chi connectivity index (χ3n) is 5.77. The van der Waals surface area contributed by atoms with Crippen molar-refractivity contribution in [3.63, 3.8) is 0 Å². The maximum Gasteiger partial charge on any atom is 0.417 e. The van der Waals surface area contributed by atoms with Gasteiger partial charge in [-0.2, -0.15) is 13.2 Å². The van der Waals surface area contributed by atoms with E-state index in [9.17, 15) is 13.2 Å². The van der Waals surface area contributed by atoms with Crippen molar-refractivity contribution in [2.24, 2.45) is 0 Å². The first-order valence-corrected chi connectivity index (χ1v) is 9.74. The van der Waals surface area contributed by atoms with Gasteiger partial charge in [-0.1, -0.05) is 18.2 Å². The molecule has 1 aliphatic rings. The third-order valence-corrected chi connectivity index (χ3v) is 5.77. The minimum absolute atomic E-state index is 0.405. The second-order valence-electron chi connectivity index (χ2n) is 7.91. The summed E-state index contributed by atoms with van der Waals surface area (Å²) in [6, 6.07) is 7.25. The highest BCUT2D eigenvalue weighted by atomic mass is 19.4. The first-order valence-electron chi connectivity index (χ1n) is 9.74. The van der Waals surface area contributed by atoms with Crippen molar-refractivity contribution < 1.29 is 13.2 Å². The zero-order chi connectivity index (χ0) is 20.8. The molecule has 0 bridgehead atoms. The second kappa shape index (κ2) is 7.37. The fraction of sp³-hybridized carbons (Fsp3) is 0.409. The van der Waals surface area contributed by atoms with Crippen LogP contribution in [0.4, 0.5) is 13.2 Å². The maximum atomic E-state index is 13.0. The molecule has 3 aromatic rings. The summed E-state index contributed by atoms with van der Waals surface area (Å²) < 4.78 is 38.9. The van der Waals surface area contributed by atoms with Crippen molar-refractivity contribution in [1.82, 2.24) is 20.1 Å². The van der Waals surface area contributed by atoms with Crippen molar-refractivity contribution in [3.05, 3.63) is 52.7 Å². The van der Waals surface area contributed by atoms with E-state index < -0.39 is 11.7 Å². The molecule has 1 atom stereocenters. The molecule has 1 aliphatic heterocycles. The van der Waals surface area contributed by atoms with Gasteiger partial charge in [0.15, 0.2) is 0 Å². The predicted octanol–water partition coefficient (Wildman–Crippen LogP) is 5.14. The molecular weight excluding hydrogens is 377 g/mol. The van der Waals surface area contributed by atoms with Crippen molar-refractivity contribution in [1.29, 1.82) is 0 Å². The summed E-state index contributed by atoms with van der Waals surface area (Å²) in [7, 11) is 2.13. The van der Waals surface area contributed by atoms with Crippen LogP contribution < -0.4 is 0 Å². The van der Waals surface area contributed by atoms with Crippen molar-refractivity contribution in [2.75, 3.05) is 20.1 Å². The number of rotatable bonds is 2. The number of aromatic nitrogens is 3. The number of piperidine rings is 1. The van der Waals surface area contributed by atoms with Gasteiger partial charge in [-0.3, -0.25) is 4.98 Å². The normalized spacial score (nSPS) is 18.3. The number of likely N-dealkylation sites (tertiary alicyclic amines) is 1. The Morgan fingerprint density at radius 3 is 2.59 bits per heavy atom. The second-order valence-corrected chi connectivity index (χ2v) is 7.91. The number of fused-ring (bicyclic) bond motifs is 1. The lowest BCUT2D eigenvalue weighted by Gasteiger charge is -2.30. The van der Waals surface area contributed by atoms with E-state index in [1.807, 2.05) is 19.1 Å². The van der Waals surface area contributed by atoms with Crippen LogP contribution in [0.5, 0.6) is 0 Å². The molecule has 0 N–H and O–H groups in total. The fourth-order valence-electron chi connectivity index (χ4n) is 4.23. The van der Waals surface area contributed by atoms with Gasteiger partial charge in [-0.05, 0) is 69.0 Å². The number of halogens is 3. The molecule has 29 heavy (non-hydrogen) atoms. The summed E-state index contributed by atoms with van der Waals surface area (Å²) in [5, 5.41) is 9.87. The smallest absolute Gasteiger partial charge is 0.306 e. The Balaban J connectivity index is 1.80. The standard InChI is InChI=1S/C22H23F3N4/c1-13-10-16(22(23,24)25)11-26-19(13)20-14(2)17-7-4-8-18(21(17)28-27-20)15-6-5-9-29(3)12-15/h4,7-8,10-11,15H,5-6,9,12H2,1-3H3. The molecule has 2 aromatic heterocycles. The summed E-state index contributed by atoms with van der Waals surface area (Å²) >= 11 is 0. The van der Waals surface area contributed by atoms with Crippen LogP contribution in [-0.2, 0) is 6.18 Å². The van der Waals surface area contributed by atoms with Gasteiger partial charge in [0.05, 0.1) is 16.8 Å². The van der Waals surface area contributed by atoms with Crippen molar-refractivity contribution in [2.45, 2.75) is 38.8 Å². The lowest BCUT2D eigenvalue weighted by Crippen LogP contribution is -2.31. The lowest BCUT2D eigenvalue weighted by molar-refractivity contribution is -0.137. The van der Waals surface area contributed by atoms with Crippen molar-refractivity contribution in [3.8, 4) is 11.4 Å². The van der Waals surface area contributed by atoms with Gasteiger partial charge < -0.3 is 4.90 Å². The molecule has 3 heterocycles. The highest BCUT2D eigenvalue weighted by Crippen LogP contribution is 2.35. The molecule has 1 unspecified atom stereocenters. The van der Waals surface area contributed by atoms with Crippen LogP contribution in [0.3, 0.4) is 0 Å². The maximum absolute atomic E-state index is 13.0. The summed E-state index contributed by atoms with van der Waals surface area (Å²) in [5.41, 5.74) is 3.59. The quantitative estimate of drug-likeness (QED) is 0.598. The molecule has 7 heteroatoms. The molecular formula is C22H23F3N4. The summed E-state index contributed by atoms with van der Waals surface area (Å²) in [4.78, 5) is 6.41. The van der Waals surface area contributed by atoms with Crippen LogP contribution in [0.1, 0.15) is 41.0 Å². The number of pyridine rings is 1. The van der Waals surface area contributed by atoms with E-state index in [4.69, 9.17) is 0 Å². The molecule has 1 fully saturated rings. The molecule has 152 valence electrons. The fourth-order valence-corrected chi connectivity index (χ4v) is 4.23. The zero-order valence-corrected chi connectivity index (χ0v) is 16.7. The number of hydrogen-bond acceptors (Lipinski definition) is 4. The van der Waals surface area contributed by atoms with Gasteiger partial charge in [-0.25, -0.2) is 0 Å². The van der Waals surface area contributed by atoms with E-state index in [2.05, 4.69) is 33.2 Å². The predicted molar refractivity (Wildman–Crippen MR) is 107 cm³/mol. The molecule has 4 rings (SSSR count). The van der Waals surface area contributed by atoms with Crippen LogP contribution in [-0.4, -0.2) is 40.2 Å². The molecule has 4 nitrogen and oxygen atoms in total. The zero-order valence-electron chi connectivity index (χ0n) is 16.7. The van der Waals surface area contributed by atoms with Gasteiger partial charge in [0.25, 0.3) is 0 Å². The van der Waals surface area contributed by atoms with E-state index >= 15 is 0 Å². The van der Waals surface area contributed by atoms with Gasteiger partial charge in [0, 0.05) is 18.1 Å². The van der Waals surface area contributed by atoms with E-state index in [1.165, 1.54) is 5.56 Å². The van der Waals surface area contributed by atoms with Crippen LogP contribution in [0.2, 0.25) is 0 Å². The Morgan fingerprint density at radius 1 is 1.10 bits per heavy atom. The topological polar surface area (TPSA) is 41.9 Å². The number of benzene rings is 1. The Bertz CT molecular complexity index is 1060. The average Bonchev–Trinajstić information content (AvgIpc) is 2.68. The van der Waals surface area contributed by atoms with E-state index in [0.29, 0.717) is 22.9 Å². The van der Waals surface area contributed by atoms with Crippen LogP contribution in [0.25, 0.3) is 22.3 Å². The molecule has 0 radical (unpaired) electrons. The molecule has 1 aromatic carbocycles. The Morgan fingerprint density at radius 2 is 1.90 bits per heavy atom. The Labute approximate surface area is 167 Å². The summed E-state index contributed by atoms with van der Waals surface area (Å²) in [5.74, 6) is 0.405. The Hall–Kier alpha value is -2.54. The van der Waals surface area contributed by atoms with E-state index in [1.54, 1.807) is 6.92 Å². The minimum atomic E-state index is -4.41. The van der Waals surface area contributed by atoms with Gasteiger partial charge >= 0.3 is 6.18 Å². The number of hydrogen-bond donors (Lipinski definition) is 0. The van der Waals surface area contributed by atoms with Crippen LogP contribution in [0, 0.1) is 13.8 Å². The monoisotopic (exact) mass is 400 g/mol. The molecule has 0 amide bonds.